The molecule has 0 saturated heterocycles. The van der Waals surface area contributed by atoms with Gasteiger partial charge in [0.05, 0.1) is 11.3 Å². The van der Waals surface area contributed by atoms with E-state index in [1.54, 1.807) is 29.8 Å². The Morgan fingerprint density at radius 2 is 2.09 bits per heavy atom. The van der Waals surface area contributed by atoms with Crippen molar-refractivity contribution in [3.8, 4) is 0 Å². The number of benzene rings is 1. The molecule has 1 N–H and O–H groups in total. The summed E-state index contributed by atoms with van der Waals surface area (Å²) in [4.78, 5) is 16.6. The summed E-state index contributed by atoms with van der Waals surface area (Å²) in [6.45, 7) is 3.92. The number of aryl methyl sites for hydroxylation is 3. The number of carbonyl (C=O) groups excluding carboxylic acids is 1. The summed E-state index contributed by atoms with van der Waals surface area (Å²) in [5, 5.41) is 7.97. The predicted octanol–water partition coefficient (Wildman–Crippen LogP) is 2.65. The number of nitrogens with zero attached hydrogens (tertiary/aromatic N) is 3. The van der Waals surface area contributed by atoms with Gasteiger partial charge in [0, 0.05) is 25.2 Å². The summed E-state index contributed by atoms with van der Waals surface area (Å²) >= 11 is 0. The van der Waals surface area contributed by atoms with Gasteiger partial charge in [-0.1, -0.05) is 12.1 Å². The van der Waals surface area contributed by atoms with Crippen molar-refractivity contribution in [2.75, 3.05) is 0 Å². The summed E-state index contributed by atoms with van der Waals surface area (Å²) in [5.74, 6) is -0.466. The maximum absolute atomic E-state index is 13.2. The van der Waals surface area contributed by atoms with Crippen molar-refractivity contribution in [2.24, 2.45) is 7.05 Å². The van der Waals surface area contributed by atoms with Crippen LogP contribution in [0.3, 0.4) is 0 Å². The molecule has 118 valence electrons. The lowest BCUT2D eigenvalue weighted by atomic mass is 10.1. The monoisotopic (exact) mass is 312 g/mol. The first kappa shape index (κ1) is 15.1. The fourth-order valence-corrected chi connectivity index (χ4v) is 2.53. The molecule has 3 rings (SSSR count). The molecule has 3 aromatic rings. The average Bonchev–Trinajstić information content (AvgIpc) is 2.82. The Bertz CT molecular complexity index is 901. The number of pyridine rings is 1. The van der Waals surface area contributed by atoms with E-state index in [9.17, 15) is 9.18 Å². The summed E-state index contributed by atoms with van der Waals surface area (Å²) in [6, 6.07) is 6.58. The first-order valence-electron chi connectivity index (χ1n) is 7.28. The molecule has 0 aliphatic carbocycles. The standard InChI is InChI=1S/C17H17FN4O/c1-10-6-12(4-5-15(10)18)8-20-17(23)13-7-14-11(2)21-22(3)16(14)19-9-13/h4-7,9H,8H2,1-3H3,(H,20,23). The molecule has 0 aliphatic rings. The molecule has 23 heavy (non-hydrogen) atoms. The lowest BCUT2D eigenvalue weighted by Crippen LogP contribution is -2.23. The molecule has 0 spiro atoms. The van der Waals surface area contributed by atoms with Crippen LogP contribution < -0.4 is 5.32 Å². The van der Waals surface area contributed by atoms with Crippen LogP contribution in [0.4, 0.5) is 4.39 Å². The Labute approximate surface area is 133 Å². The van der Waals surface area contributed by atoms with Crippen LogP contribution in [0.2, 0.25) is 0 Å². The molecule has 0 aliphatic heterocycles. The van der Waals surface area contributed by atoms with Crippen LogP contribution in [0.1, 0.15) is 27.2 Å². The number of nitrogens with one attached hydrogen (secondary N) is 1. The number of hydrogen-bond donors (Lipinski definition) is 1. The van der Waals surface area contributed by atoms with E-state index in [4.69, 9.17) is 0 Å². The highest BCUT2D eigenvalue weighted by Gasteiger charge is 2.11. The van der Waals surface area contributed by atoms with Crippen molar-refractivity contribution >= 4 is 16.9 Å². The molecule has 2 heterocycles. The molecule has 0 saturated carbocycles. The van der Waals surface area contributed by atoms with Crippen LogP contribution >= 0.6 is 0 Å². The van der Waals surface area contributed by atoms with E-state index in [1.807, 2.05) is 14.0 Å². The first-order chi connectivity index (χ1) is 11.0. The van der Waals surface area contributed by atoms with Gasteiger partial charge in [-0.15, -0.1) is 0 Å². The van der Waals surface area contributed by atoms with E-state index in [-0.39, 0.29) is 11.7 Å². The highest BCUT2D eigenvalue weighted by atomic mass is 19.1. The fourth-order valence-electron chi connectivity index (χ4n) is 2.53. The Morgan fingerprint density at radius 3 is 2.83 bits per heavy atom. The minimum absolute atomic E-state index is 0.218. The van der Waals surface area contributed by atoms with Crippen LogP contribution in [-0.2, 0) is 13.6 Å². The van der Waals surface area contributed by atoms with Crippen molar-refractivity contribution in [2.45, 2.75) is 20.4 Å². The lowest BCUT2D eigenvalue weighted by molar-refractivity contribution is 0.0950. The van der Waals surface area contributed by atoms with Crippen molar-refractivity contribution in [3.63, 3.8) is 0 Å². The van der Waals surface area contributed by atoms with Gasteiger partial charge in [-0.25, -0.2) is 9.37 Å². The van der Waals surface area contributed by atoms with Crippen molar-refractivity contribution in [1.29, 1.82) is 0 Å². The smallest absolute Gasteiger partial charge is 0.253 e. The number of halogens is 1. The van der Waals surface area contributed by atoms with E-state index in [0.29, 0.717) is 17.7 Å². The molecule has 1 amide bonds. The van der Waals surface area contributed by atoms with Gasteiger partial charge in [0.15, 0.2) is 5.65 Å². The maximum Gasteiger partial charge on any atom is 0.253 e. The molecule has 0 radical (unpaired) electrons. The molecule has 6 heteroatoms. The molecule has 0 unspecified atom stereocenters. The van der Waals surface area contributed by atoms with Crippen LogP contribution in [-0.4, -0.2) is 20.7 Å². The van der Waals surface area contributed by atoms with Gasteiger partial charge in [0.1, 0.15) is 5.82 Å². The number of rotatable bonds is 3. The van der Waals surface area contributed by atoms with Gasteiger partial charge < -0.3 is 5.32 Å². The summed E-state index contributed by atoms with van der Waals surface area (Å²) in [7, 11) is 1.82. The molecule has 1 aromatic carbocycles. The van der Waals surface area contributed by atoms with Crippen LogP contribution in [0.5, 0.6) is 0 Å². The summed E-state index contributed by atoms with van der Waals surface area (Å²) < 4.78 is 14.9. The Hall–Kier alpha value is -2.76. The van der Waals surface area contributed by atoms with Gasteiger partial charge in [-0.05, 0) is 37.1 Å². The number of carbonyl (C=O) groups is 1. The van der Waals surface area contributed by atoms with Crippen molar-refractivity contribution in [3.05, 3.63) is 58.7 Å². The number of aromatic nitrogens is 3. The minimum Gasteiger partial charge on any atom is -0.348 e. The van der Waals surface area contributed by atoms with Gasteiger partial charge in [-0.3, -0.25) is 9.48 Å². The van der Waals surface area contributed by atoms with E-state index >= 15 is 0 Å². The third-order valence-corrected chi connectivity index (χ3v) is 3.80. The molecule has 5 nitrogen and oxygen atoms in total. The van der Waals surface area contributed by atoms with Crippen molar-refractivity contribution < 1.29 is 9.18 Å². The third-order valence-electron chi connectivity index (χ3n) is 3.80. The Morgan fingerprint density at radius 1 is 1.30 bits per heavy atom. The largest absolute Gasteiger partial charge is 0.348 e. The zero-order valence-corrected chi connectivity index (χ0v) is 13.2. The van der Waals surface area contributed by atoms with E-state index in [2.05, 4.69) is 15.4 Å². The number of amides is 1. The third kappa shape index (κ3) is 2.92. The van der Waals surface area contributed by atoms with Crippen LogP contribution in [0.15, 0.2) is 30.5 Å². The predicted molar refractivity (Wildman–Crippen MR) is 85.6 cm³/mol. The van der Waals surface area contributed by atoms with Gasteiger partial charge in [0.2, 0.25) is 0 Å². The topological polar surface area (TPSA) is 59.8 Å². The van der Waals surface area contributed by atoms with Gasteiger partial charge in [-0.2, -0.15) is 5.10 Å². The second-order valence-corrected chi connectivity index (χ2v) is 5.57. The quantitative estimate of drug-likeness (QED) is 0.809. The highest BCUT2D eigenvalue weighted by Crippen LogP contribution is 2.16. The summed E-state index contributed by atoms with van der Waals surface area (Å²) in [6.07, 6.45) is 1.54. The normalized spacial score (nSPS) is 11.0. The van der Waals surface area contributed by atoms with Gasteiger partial charge in [0.25, 0.3) is 5.91 Å². The average molecular weight is 312 g/mol. The Kier molecular flexibility index (Phi) is 3.82. The number of fused-ring (bicyclic) bond motifs is 1. The first-order valence-corrected chi connectivity index (χ1v) is 7.28. The van der Waals surface area contributed by atoms with Crippen molar-refractivity contribution in [1.82, 2.24) is 20.1 Å². The molecule has 0 bridgehead atoms. The maximum atomic E-state index is 13.2. The second-order valence-electron chi connectivity index (χ2n) is 5.57. The second kappa shape index (κ2) is 5.79. The van der Waals surface area contributed by atoms with E-state index < -0.39 is 0 Å². The van der Waals surface area contributed by atoms with E-state index in [1.165, 1.54) is 12.3 Å². The Balaban J connectivity index is 1.77. The molecule has 0 fully saturated rings. The van der Waals surface area contributed by atoms with Gasteiger partial charge >= 0.3 is 0 Å². The summed E-state index contributed by atoms with van der Waals surface area (Å²) in [5.41, 5.74) is 3.47. The zero-order valence-electron chi connectivity index (χ0n) is 13.2. The van der Waals surface area contributed by atoms with E-state index in [0.717, 1.165) is 22.3 Å². The highest BCUT2D eigenvalue weighted by molar-refractivity contribution is 5.97. The number of hydrogen-bond acceptors (Lipinski definition) is 3. The lowest BCUT2D eigenvalue weighted by Gasteiger charge is -2.07. The SMILES string of the molecule is Cc1cc(CNC(=O)c2cnc3c(c2)c(C)nn3C)ccc1F. The zero-order chi connectivity index (χ0) is 16.6. The molecular weight excluding hydrogens is 295 g/mol. The molecular formula is C17H17FN4O. The fraction of sp³-hybridized carbons (Fsp3) is 0.235. The molecule has 0 atom stereocenters. The van der Waals surface area contributed by atoms with Crippen LogP contribution in [0.25, 0.3) is 11.0 Å². The minimum atomic E-state index is -0.248. The molecule has 2 aromatic heterocycles. The van der Waals surface area contributed by atoms with Crippen LogP contribution in [0, 0.1) is 19.7 Å².